The van der Waals surface area contributed by atoms with Crippen LogP contribution < -0.4 is 24.3 Å². The molecule has 7 nitrogen and oxygen atoms in total. The number of benzene rings is 3. The monoisotopic (exact) mass is 514 g/mol. The largest absolute Gasteiger partial charge is 0.497 e. The van der Waals surface area contributed by atoms with Crippen LogP contribution in [0, 0.1) is 6.92 Å². The second-order valence-electron chi connectivity index (χ2n) is 8.17. The van der Waals surface area contributed by atoms with Crippen molar-refractivity contribution in [3.05, 3.63) is 77.0 Å². The van der Waals surface area contributed by atoms with Crippen molar-refractivity contribution in [1.82, 2.24) is 4.98 Å². The first kappa shape index (κ1) is 24.4. The van der Waals surface area contributed by atoms with Crippen LogP contribution in [0.3, 0.4) is 0 Å². The van der Waals surface area contributed by atoms with Gasteiger partial charge in [0.05, 0.1) is 39.5 Å². The van der Waals surface area contributed by atoms with E-state index in [-0.39, 0.29) is 0 Å². The van der Waals surface area contributed by atoms with Crippen LogP contribution in [0.15, 0.2) is 76.1 Å². The lowest BCUT2D eigenvalue weighted by Crippen LogP contribution is -2.03. The van der Waals surface area contributed by atoms with Gasteiger partial charge >= 0.3 is 0 Å². The van der Waals surface area contributed by atoms with Crippen LogP contribution in [0.2, 0.25) is 0 Å². The Morgan fingerprint density at radius 1 is 0.757 bits per heavy atom. The molecule has 0 aliphatic heterocycles. The zero-order valence-corrected chi connectivity index (χ0v) is 22.0. The van der Waals surface area contributed by atoms with Crippen molar-refractivity contribution in [2.75, 3.05) is 28.4 Å². The van der Waals surface area contributed by atoms with E-state index in [1.165, 1.54) is 11.3 Å². The van der Waals surface area contributed by atoms with Gasteiger partial charge in [0.1, 0.15) is 34.3 Å². The summed E-state index contributed by atoms with van der Waals surface area (Å²) in [4.78, 5) is 10.9. The number of thiazole rings is 1. The second-order valence-corrected chi connectivity index (χ2v) is 9.35. The van der Waals surface area contributed by atoms with Crippen LogP contribution in [0.4, 0.5) is 5.13 Å². The fourth-order valence-corrected chi connectivity index (χ4v) is 4.85. The fraction of sp³-hybridized carbons (Fsp3) is 0.172. The van der Waals surface area contributed by atoms with Gasteiger partial charge in [-0.3, -0.25) is 0 Å². The van der Waals surface area contributed by atoms with Crippen LogP contribution in [-0.2, 0) is 0 Å². The third kappa shape index (κ3) is 4.88. The summed E-state index contributed by atoms with van der Waals surface area (Å²) < 4.78 is 28.0. The van der Waals surface area contributed by atoms with Crippen molar-refractivity contribution < 1.29 is 23.4 Å². The number of nitrogens with zero attached hydrogens (tertiary/aromatic N) is 2. The third-order valence-electron chi connectivity index (χ3n) is 5.99. The smallest absolute Gasteiger partial charge is 0.210 e. The molecule has 0 aliphatic rings. The number of hydrogen-bond acceptors (Lipinski definition) is 8. The van der Waals surface area contributed by atoms with E-state index in [1.807, 2.05) is 73.7 Å². The van der Waals surface area contributed by atoms with Gasteiger partial charge in [-0.1, -0.05) is 11.3 Å². The van der Waals surface area contributed by atoms with E-state index < -0.39 is 0 Å². The lowest BCUT2D eigenvalue weighted by atomic mass is 10.1. The summed E-state index contributed by atoms with van der Waals surface area (Å²) in [5.74, 6) is 3.59. The van der Waals surface area contributed by atoms with Crippen LogP contribution in [-0.4, -0.2) is 33.4 Å². The minimum atomic E-state index is 0.626. The highest BCUT2D eigenvalue weighted by molar-refractivity contribution is 7.15. The highest BCUT2D eigenvalue weighted by Gasteiger charge is 2.16. The summed E-state index contributed by atoms with van der Waals surface area (Å²) in [5, 5.41) is 2.18. The summed E-state index contributed by atoms with van der Waals surface area (Å²) in [6.07, 6.45) is 0. The van der Waals surface area contributed by atoms with Crippen LogP contribution in [0.25, 0.3) is 33.6 Å². The van der Waals surface area contributed by atoms with Crippen molar-refractivity contribution in [2.24, 2.45) is 4.99 Å². The van der Waals surface area contributed by atoms with Crippen LogP contribution in [0.1, 0.15) is 4.88 Å². The average Bonchev–Trinajstić information content (AvgIpc) is 3.31. The minimum absolute atomic E-state index is 0.626. The zero-order chi connectivity index (χ0) is 25.9. The molecule has 5 rings (SSSR count). The molecular weight excluding hydrogens is 488 g/mol. The number of rotatable bonds is 7. The molecule has 0 aliphatic carbocycles. The Bertz CT molecular complexity index is 1640. The average molecular weight is 515 g/mol. The lowest BCUT2D eigenvalue weighted by Gasteiger charge is -2.09. The third-order valence-corrected chi connectivity index (χ3v) is 6.85. The van der Waals surface area contributed by atoms with Gasteiger partial charge < -0.3 is 23.4 Å². The van der Waals surface area contributed by atoms with Gasteiger partial charge in [0, 0.05) is 33.5 Å². The van der Waals surface area contributed by atoms with E-state index in [0.717, 1.165) is 49.7 Å². The molecule has 0 amide bonds. The van der Waals surface area contributed by atoms with Crippen molar-refractivity contribution >= 4 is 27.4 Å². The van der Waals surface area contributed by atoms with E-state index in [2.05, 4.69) is 0 Å². The molecule has 0 N–H and O–H groups in total. The Morgan fingerprint density at radius 2 is 1.43 bits per heavy atom. The van der Waals surface area contributed by atoms with E-state index in [4.69, 9.17) is 33.3 Å². The molecule has 37 heavy (non-hydrogen) atoms. The molecule has 0 spiro atoms. The minimum Gasteiger partial charge on any atom is -0.497 e. The Hall–Kier alpha value is -4.30. The quantitative estimate of drug-likeness (QED) is 0.238. The van der Waals surface area contributed by atoms with Crippen LogP contribution >= 0.6 is 11.3 Å². The summed E-state index contributed by atoms with van der Waals surface area (Å²) in [7, 11) is 6.55. The predicted octanol–water partition coefficient (Wildman–Crippen LogP) is 6.80. The van der Waals surface area contributed by atoms with Gasteiger partial charge in [0.25, 0.3) is 0 Å². The van der Waals surface area contributed by atoms with Crippen molar-refractivity contribution in [1.29, 1.82) is 0 Å². The SMILES string of the molecule is COc1ccc(-c2cc(=Nc3nc(-c4ccc(OC)cc4OC)c(C)s3)c3cc(OC)ccc3o2)cc1. The molecule has 2 heterocycles. The maximum Gasteiger partial charge on any atom is 0.210 e. The second kappa shape index (κ2) is 10.4. The molecule has 0 radical (unpaired) electrons. The van der Waals surface area contributed by atoms with Gasteiger partial charge in [0.15, 0.2) is 0 Å². The summed E-state index contributed by atoms with van der Waals surface area (Å²) in [6.45, 7) is 2.03. The number of methoxy groups -OCH3 is 4. The number of aromatic nitrogens is 1. The normalized spacial score (nSPS) is 11.5. The van der Waals surface area contributed by atoms with Crippen LogP contribution in [0.5, 0.6) is 23.0 Å². The topological polar surface area (TPSA) is 75.3 Å². The van der Waals surface area contributed by atoms with Crippen molar-refractivity contribution in [2.45, 2.75) is 6.92 Å². The Labute approximate surface area is 218 Å². The molecule has 0 saturated heterocycles. The number of hydrogen-bond donors (Lipinski definition) is 0. The van der Waals surface area contributed by atoms with E-state index in [1.54, 1.807) is 28.4 Å². The highest BCUT2D eigenvalue weighted by Crippen LogP contribution is 2.38. The molecule has 8 heteroatoms. The first-order chi connectivity index (χ1) is 18.0. The molecule has 0 saturated carbocycles. The van der Waals surface area contributed by atoms with E-state index in [0.29, 0.717) is 22.2 Å². The molecule has 2 aromatic heterocycles. The Balaban J connectivity index is 1.67. The molecule has 0 atom stereocenters. The molecule has 5 aromatic rings. The molecule has 0 fully saturated rings. The van der Waals surface area contributed by atoms with Gasteiger partial charge in [-0.25, -0.2) is 9.98 Å². The summed E-state index contributed by atoms with van der Waals surface area (Å²) in [6, 6.07) is 21.0. The maximum absolute atomic E-state index is 6.25. The van der Waals surface area contributed by atoms with E-state index >= 15 is 0 Å². The fourth-order valence-electron chi connectivity index (χ4n) is 4.04. The van der Waals surface area contributed by atoms with Crippen molar-refractivity contribution in [3.63, 3.8) is 0 Å². The summed E-state index contributed by atoms with van der Waals surface area (Å²) >= 11 is 1.52. The Morgan fingerprint density at radius 3 is 2.14 bits per heavy atom. The summed E-state index contributed by atoms with van der Waals surface area (Å²) in [5.41, 5.74) is 3.31. The Kier molecular flexibility index (Phi) is 6.83. The number of aryl methyl sites for hydroxylation is 1. The van der Waals surface area contributed by atoms with Gasteiger partial charge in [-0.05, 0) is 61.5 Å². The predicted molar refractivity (Wildman–Crippen MR) is 145 cm³/mol. The number of ether oxygens (including phenoxy) is 4. The molecule has 188 valence electrons. The zero-order valence-electron chi connectivity index (χ0n) is 21.2. The van der Waals surface area contributed by atoms with Gasteiger partial charge in [0.2, 0.25) is 5.13 Å². The standard InChI is InChI=1S/C29H26N2O5S/c1-17-28(22-12-10-21(34-4)15-27(22)35-5)31-29(37-17)30-24-16-26(18-6-8-19(32-2)9-7-18)36-25-13-11-20(33-3)14-23(24)25/h6-16H,1-5H3. The van der Waals surface area contributed by atoms with Crippen molar-refractivity contribution in [3.8, 4) is 45.6 Å². The molecule has 3 aromatic carbocycles. The lowest BCUT2D eigenvalue weighted by molar-refractivity contribution is 0.395. The number of fused-ring (bicyclic) bond motifs is 1. The highest BCUT2D eigenvalue weighted by atomic mass is 32.1. The molecule has 0 bridgehead atoms. The first-order valence-corrected chi connectivity index (χ1v) is 12.4. The maximum atomic E-state index is 6.25. The van der Waals surface area contributed by atoms with Gasteiger partial charge in [-0.15, -0.1) is 0 Å². The molecular formula is C29H26N2O5S. The van der Waals surface area contributed by atoms with E-state index in [9.17, 15) is 0 Å². The molecule has 0 unspecified atom stereocenters. The van der Waals surface area contributed by atoms with Gasteiger partial charge in [-0.2, -0.15) is 0 Å². The first-order valence-electron chi connectivity index (χ1n) is 11.5.